The van der Waals surface area contributed by atoms with Gasteiger partial charge < -0.3 is 5.32 Å². The summed E-state index contributed by atoms with van der Waals surface area (Å²) in [5, 5.41) is 3.36. The monoisotopic (exact) mass is 190 g/mol. The molecule has 2 rings (SSSR count). The van der Waals surface area contributed by atoms with Crippen LogP contribution in [0, 0.1) is 12.8 Å². The second-order valence-corrected chi connectivity index (χ2v) is 4.23. The van der Waals surface area contributed by atoms with Crippen LogP contribution in [-0.2, 0) is 0 Å². The molecule has 1 saturated carbocycles. The molecule has 76 valence electrons. The lowest BCUT2D eigenvalue weighted by Crippen LogP contribution is -2.15. The maximum absolute atomic E-state index is 4.31. The number of nitrogens with zero attached hydrogens (tertiary/aromatic N) is 1. The fourth-order valence-electron chi connectivity index (χ4n) is 1.76. The first kappa shape index (κ1) is 9.50. The third kappa shape index (κ3) is 2.47. The van der Waals surface area contributed by atoms with Gasteiger partial charge in [0.05, 0.1) is 0 Å². The van der Waals surface area contributed by atoms with Crippen LogP contribution in [-0.4, -0.2) is 11.5 Å². The molecule has 1 fully saturated rings. The second-order valence-electron chi connectivity index (χ2n) is 4.23. The number of aromatic nitrogens is 1. The van der Waals surface area contributed by atoms with Gasteiger partial charge >= 0.3 is 0 Å². The zero-order valence-electron chi connectivity index (χ0n) is 8.79. The maximum atomic E-state index is 4.31. The fraction of sp³-hybridized carbons (Fsp3) is 0.583. The molecular formula is C12H18N2. The van der Waals surface area contributed by atoms with Crippen LogP contribution >= 0.6 is 0 Å². The molecule has 14 heavy (non-hydrogen) atoms. The first-order chi connectivity index (χ1) is 6.84. The molecule has 1 heterocycles. The number of nitrogens with one attached hydrogen (secondary N) is 1. The fourth-order valence-corrected chi connectivity index (χ4v) is 1.76. The van der Waals surface area contributed by atoms with Gasteiger partial charge in [0.2, 0.25) is 0 Å². The molecule has 0 amide bonds. The standard InChI is InChI=1S/C12H18N2/c1-10-5-6-12(14-9-10)13-8-7-11-3-2-4-11/h5-6,9,11H,2-4,7-8H2,1H3,(H,13,14). The van der Waals surface area contributed by atoms with Gasteiger partial charge in [-0.05, 0) is 30.9 Å². The van der Waals surface area contributed by atoms with Crippen LogP contribution in [0.1, 0.15) is 31.2 Å². The highest BCUT2D eigenvalue weighted by atomic mass is 15.0. The largest absolute Gasteiger partial charge is 0.370 e. The Labute approximate surface area is 85.7 Å². The molecule has 2 nitrogen and oxygen atoms in total. The third-order valence-electron chi connectivity index (χ3n) is 2.99. The maximum Gasteiger partial charge on any atom is 0.125 e. The van der Waals surface area contributed by atoms with Gasteiger partial charge in [0.25, 0.3) is 0 Å². The van der Waals surface area contributed by atoms with Gasteiger partial charge in [0.1, 0.15) is 5.82 Å². The van der Waals surface area contributed by atoms with Gasteiger partial charge in [-0.2, -0.15) is 0 Å². The van der Waals surface area contributed by atoms with Gasteiger partial charge in [-0.25, -0.2) is 4.98 Å². The van der Waals surface area contributed by atoms with E-state index < -0.39 is 0 Å². The molecule has 2 heteroatoms. The van der Waals surface area contributed by atoms with Gasteiger partial charge in [0, 0.05) is 12.7 Å². The predicted octanol–water partition coefficient (Wildman–Crippen LogP) is 2.99. The minimum Gasteiger partial charge on any atom is -0.370 e. The molecule has 0 saturated heterocycles. The van der Waals surface area contributed by atoms with E-state index in [1.54, 1.807) is 0 Å². The van der Waals surface area contributed by atoms with E-state index in [1.807, 2.05) is 6.20 Å². The van der Waals surface area contributed by atoms with Crippen molar-refractivity contribution in [2.24, 2.45) is 5.92 Å². The van der Waals surface area contributed by atoms with Crippen LogP contribution in [0.5, 0.6) is 0 Å². The molecule has 0 spiro atoms. The molecule has 0 atom stereocenters. The Morgan fingerprint density at radius 1 is 1.43 bits per heavy atom. The van der Waals surface area contributed by atoms with Gasteiger partial charge in [-0.1, -0.05) is 25.3 Å². The number of rotatable bonds is 4. The first-order valence-electron chi connectivity index (χ1n) is 5.51. The zero-order chi connectivity index (χ0) is 9.80. The minimum absolute atomic E-state index is 0.980. The van der Waals surface area contributed by atoms with Crippen molar-refractivity contribution >= 4 is 5.82 Å². The number of pyridine rings is 1. The normalized spacial score (nSPS) is 16.4. The van der Waals surface area contributed by atoms with Crippen molar-refractivity contribution in [1.29, 1.82) is 0 Å². The number of aryl methyl sites for hydroxylation is 1. The number of anilines is 1. The third-order valence-corrected chi connectivity index (χ3v) is 2.99. The average molecular weight is 190 g/mol. The van der Waals surface area contributed by atoms with Crippen LogP contribution in [0.2, 0.25) is 0 Å². The predicted molar refractivity (Wildman–Crippen MR) is 59.4 cm³/mol. The summed E-state index contributed by atoms with van der Waals surface area (Å²) in [5.74, 6) is 1.99. The highest BCUT2D eigenvalue weighted by molar-refractivity contribution is 5.34. The Bertz CT molecular complexity index is 275. The van der Waals surface area contributed by atoms with Crippen LogP contribution in [0.3, 0.4) is 0 Å². The first-order valence-corrected chi connectivity index (χ1v) is 5.51. The van der Waals surface area contributed by atoms with Gasteiger partial charge in [0.15, 0.2) is 0 Å². The lowest BCUT2D eigenvalue weighted by Gasteiger charge is -2.25. The van der Waals surface area contributed by atoms with E-state index in [0.29, 0.717) is 0 Å². The molecule has 1 aliphatic carbocycles. The van der Waals surface area contributed by atoms with Crippen LogP contribution in [0.15, 0.2) is 18.3 Å². The highest BCUT2D eigenvalue weighted by Crippen LogP contribution is 2.28. The molecule has 0 unspecified atom stereocenters. The Balaban J connectivity index is 1.71. The summed E-state index contributed by atoms with van der Waals surface area (Å²) in [7, 11) is 0. The van der Waals surface area contributed by atoms with Crippen molar-refractivity contribution in [2.75, 3.05) is 11.9 Å². The smallest absolute Gasteiger partial charge is 0.125 e. The van der Waals surface area contributed by atoms with Crippen LogP contribution < -0.4 is 5.32 Å². The molecule has 1 N–H and O–H groups in total. The molecule has 0 aliphatic heterocycles. The van der Waals surface area contributed by atoms with E-state index in [9.17, 15) is 0 Å². The zero-order valence-corrected chi connectivity index (χ0v) is 8.79. The lowest BCUT2D eigenvalue weighted by atomic mass is 9.83. The van der Waals surface area contributed by atoms with Crippen molar-refractivity contribution in [3.05, 3.63) is 23.9 Å². The van der Waals surface area contributed by atoms with Crippen molar-refractivity contribution in [2.45, 2.75) is 32.6 Å². The minimum atomic E-state index is 0.980. The topological polar surface area (TPSA) is 24.9 Å². The number of hydrogen-bond donors (Lipinski definition) is 1. The van der Waals surface area contributed by atoms with E-state index in [-0.39, 0.29) is 0 Å². The van der Waals surface area contributed by atoms with Crippen molar-refractivity contribution in [1.82, 2.24) is 4.98 Å². The van der Waals surface area contributed by atoms with Gasteiger partial charge in [-0.3, -0.25) is 0 Å². The molecule has 1 aromatic heterocycles. The van der Waals surface area contributed by atoms with Crippen molar-refractivity contribution in [3.63, 3.8) is 0 Å². The van der Waals surface area contributed by atoms with Crippen molar-refractivity contribution in [3.8, 4) is 0 Å². The van der Waals surface area contributed by atoms with E-state index in [4.69, 9.17) is 0 Å². The summed E-state index contributed by atoms with van der Waals surface area (Å²) in [6.45, 7) is 3.13. The SMILES string of the molecule is Cc1ccc(NCCC2CCC2)nc1. The molecular weight excluding hydrogens is 172 g/mol. The molecule has 1 aromatic rings. The number of hydrogen-bond acceptors (Lipinski definition) is 2. The molecule has 1 aliphatic rings. The molecule has 0 radical (unpaired) electrons. The molecule has 0 bridgehead atoms. The summed E-state index contributed by atoms with van der Waals surface area (Å²) in [6.07, 6.45) is 7.51. The Morgan fingerprint density at radius 3 is 2.86 bits per heavy atom. The molecule has 0 aromatic carbocycles. The summed E-state index contributed by atoms with van der Waals surface area (Å²) in [5.41, 5.74) is 1.22. The summed E-state index contributed by atoms with van der Waals surface area (Å²) in [4.78, 5) is 4.31. The Kier molecular flexibility index (Phi) is 3.02. The van der Waals surface area contributed by atoms with E-state index in [2.05, 4.69) is 29.4 Å². The summed E-state index contributed by atoms with van der Waals surface area (Å²) < 4.78 is 0. The van der Waals surface area contributed by atoms with Crippen LogP contribution in [0.4, 0.5) is 5.82 Å². The van der Waals surface area contributed by atoms with Gasteiger partial charge in [-0.15, -0.1) is 0 Å². The van der Waals surface area contributed by atoms with E-state index in [0.717, 1.165) is 18.3 Å². The Hall–Kier alpha value is -1.05. The Morgan fingerprint density at radius 2 is 2.29 bits per heavy atom. The summed E-state index contributed by atoms with van der Waals surface area (Å²) >= 11 is 0. The van der Waals surface area contributed by atoms with Crippen molar-refractivity contribution < 1.29 is 0 Å². The summed E-state index contributed by atoms with van der Waals surface area (Å²) in [6, 6.07) is 4.15. The average Bonchev–Trinajstić information content (AvgIpc) is 2.12. The highest BCUT2D eigenvalue weighted by Gasteiger charge is 2.16. The van der Waals surface area contributed by atoms with Crippen LogP contribution in [0.25, 0.3) is 0 Å². The van der Waals surface area contributed by atoms with E-state index >= 15 is 0 Å². The lowest BCUT2D eigenvalue weighted by molar-refractivity contribution is 0.303. The van der Waals surface area contributed by atoms with E-state index in [1.165, 1.54) is 31.2 Å². The second kappa shape index (κ2) is 4.45. The quantitative estimate of drug-likeness (QED) is 0.789.